The van der Waals surface area contributed by atoms with Gasteiger partial charge in [-0.05, 0) is 20.2 Å². The van der Waals surface area contributed by atoms with E-state index in [1.165, 1.54) is 0 Å². The summed E-state index contributed by atoms with van der Waals surface area (Å²) in [7, 11) is 4.24. The quantitative estimate of drug-likeness (QED) is 0.776. The van der Waals surface area contributed by atoms with Crippen molar-refractivity contribution < 1.29 is 0 Å². The minimum atomic E-state index is 0.0868. The highest BCUT2D eigenvalue weighted by Gasteiger charge is 2.30. The fourth-order valence-corrected chi connectivity index (χ4v) is 1.86. The van der Waals surface area contributed by atoms with Gasteiger partial charge in [0.15, 0.2) is 0 Å². The summed E-state index contributed by atoms with van der Waals surface area (Å²) < 4.78 is 0. The molecule has 1 aromatic rings. The molecule has 0 amide bonds. The molecule has 0 bridgehead atoms. The molecule has 0 saturated carbocycles. The first-order valence-corrected chi connectivity index (χ1v) is 6.13. The molecule has 1 aliphatic rings. The first-order valence-electron chi connectivity index (χ1n) is 6.13. The highest BCUT2D eigenvalue weighted by molar-refractivity contribution is 5.36. The third-order valence-electron chi connectivity index (χ3n) is 3.29. The van der Waals surface area contributed by atoms with Gasteiger partial charge in [0.25, 0.3) is 0 Å². The van der Waals surface area contributed by atoms with E-state index in [1.54, 1.807) is 0 Å². The normalized spacial score (nSPS) is 17.4. The summed E-state index contributed by atoms with van der Waals surface area (Å²) in [4.78, 5) is 13.5. The first kappa shape index (κ1) is 12.3. The number of likely N-dealkylation sites (N-methyl/N-ethyl adjacent to an activating group) is 1. The van der Waals surface area contributed by atoms with Crippen molar-refractivity contribution >= 4 is 5.95 Å². The SMILES string of the molecule is CN(C)C1CN(c2nccc(C(C)(C)C)n2)C1. The monoisotopic (exact) mass is 234 g/mol. The molecule has 1 saturated heterocycles. The van der Waals surface area contributed by atoms with Crippen molar-refractivity contribution in [1.82, 2.24) is 14.9 Å². The van der Waals surface area contributed by atoms with E-state index >= 15 is 0 Å². The van der Waals surface area contributed by atoms with Gasteiger partial charge in [0.05, 0.1) is 5.69 Å². The highest BCUT2D eigenvalue weighted by Crippen LogP contribution is 2.23. The second-order valence-corrected chi connectivity index (χ2v) is 6.01. The van der Waals surface area contributed by atoms with Gasteiger partial charge in [0, 0.05) is 30.7 Å². The first-order chi connectivity index (χ1) is 7.88. The van der Waals surface area contributed by atoms with Gasteiger partial charge in [-0.15, -0.1) is 0 Å². The molecule has 17 heavy (non-hydrogen) atoms. The van der Waals surface area contributed by atoms with E-state index in [0.29, 0.717) is 6.04 Å². The van der Waals surface area contributed by atoms with Crippen LogP contribution in [0.1, 0.15) is 26.5 Å². The standard InChI is InChI=1S/C13H22N4/c1-13(2,3)11-6-7-14-12(15-11)17-8-10(9-17)16(4)5/h6-7,10H,8-9H2,1-5H3. The van der Waals surface area contributed by atoms with Gasteiger partial charge in [-0.25, -0.2) is 9.97 Å². The van der Waals surface area contributed by atoms with Gasteiger partial charge >= 0.3 is 0 Å². The number of anilines is 1. The molecule has 0 spiro atoms. The Balaban J connectivity index is 2.09. The number of hydrogen-bond donors (Lipinski definition) is 0. The molecule has 2 rings (SSSR count). The highest BCUT2D eigenvalue weighted by atomic mass is 15.3. The van der Waals surface area contributed by atoms with Crippen LogP contribution in [0.15, 0.2) is 12.3 Å². The van der Waals surface area contributed by atoms with E-state index in [0.717, 1.165) is 24.7 Å². The lowest BCUT2D eigenvalue weighted by Gasteiger charge is -2.42. The molecule has 2 heterocycles. The predicted molar refractivity (Wildman–Crippen MR) is 70.4 cm³/mol. The van der Waals surface area contributed by atoms with Gasteiger partial charge in [-0.2, -0.15) is 0 Å². The average molecular weight is 234 g/mol. The molecular formula is C13H22N4. The van der Waals surface area contributed by atoms with E-state index in [4.69, 9.17) is 0 Å². The molecule has 94 valence electrons. The maximum absolute atomic E-state index is 4.66. The van der Waals surface area contributed by atoms with E-state index in [1.807, 2.05) is 12.3 Å². The number of aromatic nitrogens is 2. The summed E-state index contributed by atoms with van der Waals surface area (Å²) in [6.45, 7) is 8.59. The lowest BCUT2D eigenvalue weighted by atomic mass is 9.92. The second-order valence-electron chi connectivity index (χ2n) is 6.01. The molecular weight excluding hydrogens is 212 g/mol. The fraction of sp³-hybridized carbons (Fsp3) is 0.692. The molecule has 0 unspecified atom stereocenters. The van der Waals surface area contributed by atoms with Crippen LogP contribution in [-0.4, -0.2) is 48.1 Å². The van der Waals surface area contributed by atoms with Crippen LogP contribution in [0, 0.1) is 0 Å². The van der Waals surface area contributed by atoms with Crippen LogP contribution in [0.4, 0.5) is 5.95 Å². The Hall–Kier alpha value is -1.16. The van der Waals surface area contributed by atoms with Crippen molar-refractivity contribution in [2.75, 3.05) is 32.1 Å². The van der Waals surface area contributed by atoms with Crippen molar-refractivity contribution in [1.29, 1.82) is 0 Å². The third kappa shape index (κ3) is 2.57. The van der Waals surface area contributed by atoms with Gasteiger partial charge in [-0.1, -0.05) is 20.8 Å². The van der Waals surface area contributed by atoms with Crippen molar-refractivity contribution in [2.45, 2.75) is 32.2 Å². The molecule has 1 aromatic heterocycles. The molecule has 4 heteroatoms. The van der Waals surface area contributed by atoms with Crippen LogP contribution >= 0.6 is 0 Å². The maximum Gasteiger partial charge on any atom is 0.225 e. The summed E-state index contributed by atoms with van der Waals surface area (Å²) in [6.07, 6.45) is 1.87. The summed E-state index contributed by atoms with van der Waals surface area (Å²) in [6, 6.07) is 2.64. The Labute approximate surface area is 104 Å². The Morgan fingerprint density at radius 3 is 2.47 bits per heavy atom. The number of hydrogen-bond acceptors (Lipinski definition) is 4. The molecule has 0 radical (unpaired) electrons. The van der Waals surface area contributed by atoms with Crippen molar-refractivity contribution in [3.8, 4) is 0 Å². The molecule has 1 aliphatic heterocycles. The molecule has 4 nitrogen and oxygen atoms in total. The molecule has 1 fully saturated rings. The van der Waals surface area contributed by atoms with Gasteiger partial charge < -0.3 is 9.80 Å². The van der Waals surface area contributed by atoms with Crippen LogP contribution in [0.3, 0.4) is 0 Å². The van der Waals surface area contributed by atoms with Crippen molar-refractivity contribution in [2.24, 2.45) is 0 Å². The molecule has 0 aliphatic carbocycles. The van der Waals surface area contributed by atoms with E-state index in [9.17, 15) is 0 Å². The second kappa shape index (κ2) is 4.26. The molecule has 0 atom stereocenters. The van der Waals surface area contributed by atoms with E-state index in [2.05, 4.69) is 54.6 Å². The Morgan fingerprint density at radius 1 is 1.29 bits per heavy atom. The van der Waals surface area contributed by atoms with Gasteiger partial charge in [0.2, 0.25) is 5.95 Å². The fourth-order valence-electron chi connectivity index (χ4n) is 1.86. The van der Waals surface area contributed by atoms with Crippen molar-refractivity contribution in [3.05, 3.63) is 18.0 Å². The third-order valence-corrected chi connectivity index (χ3v) is 3.29. The largest absolute Gasteiger partial charge is 0.338 e. The van der Waals surface area contributed by atoms with Crippen LogP contribution < -0.4 is 4.90 Å². The maximum atomic E-state index is 4.66. The molecule has 0 aromatic carbocycles. The summed E-state index contributed by atoms with van der Waals surface area (Å²) in [5.41, 5.74) is 1.19. The van der Waals surface area contributed by atoms with Crippen LogP contribution in [0.2, 0.25) is 0 Å². The minimum Gasteiger partial charge on any atom is -0.338 e. The lowest BCUT2D eigenvalue weighted by Crippen LogP contribution is -2.58. The zero-order chi connectivity index (χ0) is 12.6. The lowest BCUT2D eigenvalue weighted by molar-refractivity contribution is 0.245. The Kier molecular flexibility index (Phi) is 3.08. The van der Waals surface area contributed by atoms with Crippen LogP contribution in [0.5, 0.6) is 0 Å². The number of rotatable bonds is 2. The van der Waals surface area contributed by atoms with E-state index < -0.39 is 0 Å². The predicted octanol–water partition coefficient (Wildman–Crippen LogP) is 1.52. The van der Waals surface area contributed by atoms with Crippen LogP contribution in [0.25, 0.3) is 0 Å². The zero-order valence-electron chi connectivity index (χ0n) is 11.4. The smallest absolute Gasteiger partial charge is 0.225 e. The van der Waals surface area contributed by atoms with Crippen LogP contribution in [-0.2, 0) is 5.41 Å². The summed E-state index contributed by atoms with van der Waals surface area (Å²) in [5, 5.41) is 0. The molecule has 0 N–H and O–H groups in total. The topological polar surface area (TPSA) is 32.3 Å². The average Bonchev–Trinajstić information content (AvgIpc) is 2.13. The summed E-state index contributed by atoms with van der Waals surface area (Å²) >= 11 is 0. The summed E-state index contributed by atoms with van der Waals surface area (Å²) in [5.74, 6) is 0.871. The minimum absolute atomic E-state index is 0.0868. The van der Waals surface area contributed by atoms with Gasteiger partial charge in [0.1, 0.15) is 0 Å². The Bertz CT molecular complexity index is 389. The van der Waals surface area contributed by atoms with Gasteiger partial charge in [-0.3, -0.25) is 0 Å². The number of nitrogens with zero attached hydrogens (tertiary/aromatic N) is 4. The van der Waals surface area contributed by atoms with E-state index in [-0.39, 0.29) is 5.41 Å². The van der Waals surface area contributed by atoms with Crippen molar-refractivity contribution in [3.63, 3.8) is 0 Å². The Morgan fingerprint density at radius 2 is 1.94 bits per heavy atom. The zero-order valence-corrected chi connectivity index (χ0v) is 11.4.